The van der Waals surface area contributed by atoms with Crippen molar-refractivity contribution in [3.63, 3.8) is 0 Å². The number of rotatable bonds is 4. The number of carboxylic acid groups (broad SMARTS) is 1. The van der Waals surface area contributed by atoms with E-state index < -0.39 is 5.97 Å². The van der Waals surface area contributed by atoms with Gasteiger partial charge in [0.15, 0.2) is 0 Å². The molecule has 0 radical (unpaired) electrons. The maximum absolute atomic E-state index is 11.0. The first kappa shape index (κ1) is 12.3. The first-order valence-corrected chi connectivity index (χ1v) is 4.92. The number of carbonyl (C=O) groups excluding carboxylic acids is 1. The highest BCUT2D eigenvalue weighted by molar-refractivity contribution is 8.01. The molecule has 76 valence electrons. The Morgan fingerprint density at radius 2 is 1.92 bits per heavy atom. The highest BCUT2D eigenvalue weighted by Gasteiger charge is 2.13. The third-order valence-corrected chi connectivity index (χ3v) is 2.35. The molecule has 4 nitrogen and oxygen atoms in total. The zero-order chi connectivity index (χ0) is 10.5. The van der Waals surface area contributed by atoms with E-state index in [0.717, 1.165) is 0 Å². The number of aliphatic carboxylic acids is 1. The predicted molar refractivity (Wildman–Crippen MR) is 52.9 cm³/mol. The summed E-state index contributed by atoms with van der Waals surface area (Å²) in [7, 11) is 0. The van der Waals surface area contributed by atoms with Gasteiger partial charge in [0.1, 0.15) is 6.54 Å². The fraction of sp³-hybridized carbons (Fsp3) is 0.750. The Hall–Kier alpha value is -0.710. The minimum atomic E-state index is -1.02. The van der Waals surface area contributed by atoms with E-state index in [2.05, 4.69) is 5.32 Å². The average molecular weight is 205 g/mol. The van der Waals surface area contributed by atoms with Gasteiger partial charge in [-0.05, 0) is 0 Å². The molecule has 0 unspecified atom stereocenters. The molecule has 0 aliphatic rings. The number of thioether (sulfide) groups is 1. The third-order valence-electron chi connectivity index (χ3n) is 1.07. The van der Waals surface area contributed by atoms with Gasteiger partial charge in [-0.25, -0.2) is 0 Å². The number of carbonyl (C=O) groups is 2. The van der Waals surface area contributed by atoms with Crippen LogP contribution in [-0.4, -0.2) is 34.0 Å². The number of amides is 1. The molecule has 0 aliphatic carbocycles. The Bertz CT molecular complexity index is 198. The van der Waals surface area contributed by atoms with Crippen molar-refractivity contribution in [3.05, 3.63) is 0 Å². The molecular weight excluding hydrogens is 190 g/mol. The summed E-state index contributed by atoms with van der Waals surface area (Å²) in [5, 5.41) is 10.6. The van der Waals surface area contributed by atoms with E-state index in [4.69, 9.17) is 5.11 Å². The van der Waals surface area contributed by atoms with E-state index in [-0.39, 0.29) is 17.2 Å². The lowest BCUT2D eigenvalue weighted by molar-refractivity contribution is -0.137. The highest BCUT2D eigenvalue weighted by atomic mass is 32.2. The molecule has 0 aromatic rings. The lowest BCUT2D eigenvalue weighted by Crippen LogP contribution is -2.31. The van der Waals surface area contributed by atoms with E-state index in [0.29, 0.717) is 5.75 Å². The summed E-state index contributed by atoms with van der Waals surface area (Å²) in [6, 6.07) is 0. The fourth-order valence-electron chi connectivity index (χ4n) is 0.507. The zero-order valence-electron chi connectivity index (χ0n) is 8.09. The molecule has 0 aliphatic heterocycles. The molecule has 2 N–H and O–H groups in total. The summed E-state index contributed by atoms with van der Waals surface area (Å²) in [5.41, 5.74) is 0. The second kappa shape index (κ2) is 5.11. The minimum absolute atomic E-state index is 0.0283. The standard InChI is InChI=1S/C8H15NO3S/c1-8(2,3)13-5-6(10)9-4-7(11)12/h4-5H2,1-3H3,(H,9,10)(H,11,12). The molecule has 0 bridgehead atoms. The second-order valence-electron chi connectivity index (χ2n) is 3.57. The van der Waals surface area contributed by atoms with Gasteiger partial charge >= 0.3 is 5.97 Å². The Morgan fingerprint density at radius 3 is 2.31 bits per heavy atom. The Balaban J connectivity index is 3.58. The SMILES string of the molecule is CC(C)(C)SCC(=O)NCC(=O)O. The van der Waals surface area contributed by atoms with Crippen LogP contribution in [0.25, 0.3) is 0 Å². The molecule has 5 heteroatoms. The molecule has 0 fully saturated rings. The summed E-state index contributed by atoms with van der Waals surface area (Å²) >= 11 is 1.49. The maximum atomic E-state index is 11.0. The van der Waals surface area contributed by atoms with Crippen LogP contribution in [0.2, 0.25) is 0 Å². The first-order chi connectivity index (χ1) is 5.81. The van der Waals surface area contributed by atoms with Crippen molar-refractivity contribution >= 4 is 23.6 Å². The summed E-state index contributed by atoms with van der Waals surface area (Å²) in [5.74, 6) is -0.951. The average Bonchev–Trinajstić information content (AvgIpc) is 1.95. The molecule has 0 saturated carbocycles. The quantitative estimate of drug-likeness (QED) is 0.709. The van der Waals surface area contributed by atoms with E-state index >= 15 is 0 Å². The smallest absolute Gasteiger partial charge is 0.322 e. The van der Waals surface area contributed by atoms with Crippen LogP contribution in [0, 0.1) is 0 Å². The van der Waals surface area contributed by atoms with Gasteiger partial charge in [-0.3, -0.25) is 9.59 Å². The summed E-state index contributed by atoms with van der Waals surface area (Å²) < 4.78 is 0.0283. The number of hydrogen-bond donors (Lipinski definition) is 2. The second-order valence-corrected chi connectivity index (χ2v) is 5.37. The summed E-state index contributed by atoms with van der Waals surface area (Å²) in [4.78, 5) is 21.1. The largest absolute Gasteiger partial charge is 0.480 e. The van der Waals surface area contributed by atoms with Gasteiger partial charge in [-0.15, -0.1) is 11.8 Å². The fourth-order valence-corrected chi connectivity index (χ4v) is 1.17. The van der Waals surface area contributed by atoms with Crippen LogP contribution in [0.1, 0.15) is 20.8 Å². The van der Waals surface area contributed by atoms with Crippen molar-refractivity contribution in [1.82, 2.24) is 5.32 Å². The Morgan fingerprint density at radius 1 is 1.38 bits per heavy atom. The zero-order valence-corrected chi connectivity index (χ0v) is 8.90. The van der Waals surface area contributed by atoms with Crippen LogP contribution < -0.4 is 5.32 Å². The van der Waals surface area contributed by atoms with Crippen molar-refractivity contribution in [2.45, 2.75) is 25.5 Å². The molecule has 0 atom stereocenters. The van der Waals surface area contributed by atoms with Crippen molar-refractivity contribution in [3.8, 4) is 0 Å². The number of hydrogen-bond acceptors (Lipinski definition) is 3. The van der Waals surface area contributed by atoms with Gasteiger partial charge in [0.2, 0.25) is 5.91 Å². The number of carboxylic acids is 1. The monoisotopic (exact) mass is 205 g/mol. The topological polar surface area (TPSA) is 66.4 Å². The van der Waals surface area contributed by atoms with E-state index in [1.54, 1.807) is 0 Å². The molecule has 0 saturated heterocycles. The maximum Gasteiger partial charge on any atom is 0.322 e. The molecule has 0 aromatic heterocycles. The van der Waals surface area contributed by atoms with Crippen LogP contribution in [0.5, 0.6) is 0 Å². The Labute approximate surface area is 82.1 Å². The van der Waals surface area contributed by atoms with Gasteiger partial charge < -0.3 is 10.4 Å². The van der Waals surface area contributed by atoms with Crippen molar-refractivity contribution in [1.29, 1.82) is 0 Å². The van der Waals surface area contributed by atoms with Crippen LogP contribution >= 0.6 is 11.8 Å². The predicted octanol–water partition coefficient (Wildman–Crippen LogP) is 0.719. The lowest BCUT2D eigenvalue weighted by atomic mass is 10.3. The normalized spacial score (nSPS) is 11.0. The van der Waals surface area contributed by atoms with E-state index in [1.165, 1.54) is 11.8 Å². The molecule has 0 rings (SSSR count). The van der Waals surface area contributed by atoms with Gasteiger partial charge in [0, 0.05) is 4.75 Å². The van der Waals surface area contributed by atoms with Crippen molar-refractivity contribution in [2.75, 3.05) is 12.3 Å². The number of nitrogens with one attached hydrogen (secondary N) is 1. The van der Waals surface area contributed by atoms with Crippen LogP contribution in [0.15, 0.2) is 0 Å². The van der Waals surface area contributed by atoms with Gasteiger partial charge in [-0.2, -0.15) is 0 Å². The van der Waals surface area contributed by atoms with Crippen molar-refractivity contribution < 1.29 is 14.7 Å². The third kappa shape index (κ3) is 9.20. The van der Waals surface area contributed by atoms with Gasteiger partial charge in [0.25, 0.3) is 0 Å². The minimum Gasteiger partial charge on any atom is -0.480 e. The molecule has 13 heavy (non-hydrogen) atoms. The molecular formula is C8H15NO3S. The summed E-state index contributed by atoms with van der Waals surface area (Å²) in [6.45, 7) is 5.70. The van der Waals surface area contributed by atoms with Crippen LogP contribution in [-0.2, 0) is 9.59 Å². The van der Waals surface area contributed by atoms with Gasteiger partial charge in [-0.1, -0.05) is 20.8 Å². The van der Waals surface area contributed by atoms with E-state index in [1.807, 2.05) is 20.8 Å². The highest BCUT2D eigenvalue weighted by Crippen LogP contribution is 2.22. The van der Waals surface area contributed by atoms with Crippen LogP contribution in [0.4, 0.5) is 0 Å². The molecule has 1 amide bonds. The lowest BCUT2D eigenvalue weighted by Gasteiger charge is -2.16. The molecule has 0 spiro atoms. The molecule has 0 aromatic carbocycles. The van der Waals surface area contributed by atoms with Crippen LogP contribution in [0.3, 0.4) is 0 Å². The Kier molecular flexibility index (Phi) is 4.83. The molecule has 0 heterocycles. The summed E-state index contributed by atoms with van der Waals surface area (Å²) in [6.07, 6.45) is 0. The first-order valence-electron chi connectivity index (χ1n) is 3.94. The van der Waals surface area contributed by atoms with E-state index in [9.17, 15) is 9.59 Å². The van der Waals surface area contributed by atoms with Gasteiger partial charge in [0.05, 0.1) is 5.75 Å². The van der Waals surface area contributed by atoms with Crippen molar-refractivity contribution in [2.24, 2.45) is 0 Å².